The molecule has 0 saturated carbocycles. The van der Waals surface area contributed by atoms with Crippen LogP contribution in [0, 0.1) is 0 Å². The molecule has 122 valence electrons. The van der Waals surface area contributed by atoms with E-state index in [0.29, 0.717) is 0 Å². The molecule has 0 atom stereocenters. The number of rotatable bonds is 2. The third-order valence-corrected chi connectivity index (χ3v) is 4.08. The van der Waals surface area contributed by atoms with E-state index >= 15 is 0 Å². The Bertz CT molecular complexity index is 451. The molecule has 1 heterocycles. The molecule has 0 spiro atoms. The summed E-state index contributed by atoms with van der Waals surface area (Å²) < 4.78 is 5.16. The second-order valence-corrected chi connectivity index (χ2v) is 5.69. The Hall–Kier alpha value is -1.75. The summed E-state index contributed by atoms with van der Waals surface area (Å²) in [6.45, 7) is 3.77. The maximum Gasteiger partial charge on any atom is 0.324 e. The van der Waals surface area contributed by atoms with Crippen molar-refractivity contribution in [1.29, 1.82) is 0 Å². The Labute approximate surface area is 133 Å². The lowest BCUT2D eigenvalue weighted by atomic mass is 10.2. The highest BCUT2D eigenvalue weighted by Crippen LogP contribution is 2.19. The number of hydrogen-bond donors (Lipinski definition) is 1. The highest BCUT2D eigenvalue weighted by atomic mass is 16.5. The van der Waals surface area contributed by atoms with Gasteiger partial charge in [-0.15, -0.1) is 0 Å². The number of nitrogens with one attached hydrogen (secondary N) is 1. The number of carbonyl (C=O) groups excluding carboxylic acids is 1. The number of nitrogens with zero attached hydrogens (tertiary/aromatic N) is 2. The molecule has 1 aromatic rings. The lowest BCUT2D eigenvalue weighted by Crippen LogP contribution is -2.43. The zero-order valence-corrected chi connectivity index (χ0v) is 13.7. The van der Waals surface area contributed by atoms with Crippen LogP contribution in [0.4, 0.5) is 10.5 Å². The average Bonchev–Trinajstić information content (AvgIpc) is 2.58. The monoisotopic (exact) mass is 305 g/mol. The molecule has 0 unspecified atom stereocenters. The van der Waals surface area contributed by atoms with Crippen LogP contribution in [0.25, 0.3) is 0 Å². The van der Waals surface area contributed by atoms with Crippen molar-refractivity contribution in [1.82, 2.24) is 10.2 Å². The summed E-state index contributed by atoms with van der Waals surface area (Å²) in [6.07, 6.45) is 4.34. The van der Waals surface area contributed by atoms with Crippen molar-refractivity contribution in [3.8, 4) is 5.75 Å². The number of hydrogen-bond acceptors (Lipinski definition) is 3. The standard InChI is InChI=1S/C17H27N3O2/c1-19(15-7-9-16(22-2)10-8-15)17(21)20-13-5-3-11-18-12-4-6-14-20/h7-10,18H,3-6,11-14H2,1-2H3. The number of benzene rings is 1. The number of carbonyl (C=O) groups is 1. The Balaban J connectivity index is 1.99. The quantitative estimate of drug-likeness (QED) is 0.914. The van der Waals surface area contributed by atoms with Crippen molar-refractivity contribution < 1.29 is 9.53 Å². The summed E-state index contributed by atoms with van der Waals surface area (Å²) in [4.78, 5) is 16.4. The van der Waals surface area contributed by atoms with E-state index in [4.69, 9.17) is 4.74 Å². The highest BCUT2D eigenvalue weighted by Gasteiger charge is 2.19. The predicted octanol–water partition coefficient (Wildman–Crippen LogP) is 2.72. The Morgan fingerprint density at radius 1 is 1.09 bits per heavy atom. The summed E-state index contributed by atoms with van der Waals surface area (Å²) in [5.41, 5.74) is 0.893. The number of urea groups is 1. The third kappa shape index (κ3) is 4.63. The van der Waals surface area contributed by atoms with Gasteiger partial charge in [-0.05, 0) is 63.0 Å². The molecule has 1 saturated heterocycles. The second-order valence-electron chi connectivity index (χ2n) is 5.69. The van der Waals surface area contributed by atoms with Gasteiger partial charge in [0.1, 0.15) is 5.75 Å². The molecule has 2 amide bonds. The molecular formula is C17H27N3O2. The first kappa shape index (κ1) is 16.6. The summed E-state index contributed by atoms with van der Waals surface area (Å²) in [5.74, 6) is 0.802. The van der Waals surface area contributed by atoms with Crippen LogP contribution in [0.5, 0.6) is 5.75 Å². The topological polar surface area (TPSA) is 44.8 Å². The fraction of sp³-hybridized carbons (Fsp3) is 0.588. The zero-order valence-electron chi connectivity index (χ0n) is 13.7. The highest BCUT2D eigenvalue weighted by molar-refractivity contribution is 5.91. The molecular weight excluding hydrogens is 278 g/mol. The SMILES string of the molecule is COc1ccc(N(C)C(=O)N2CCCCNCCCC2)cc1. The van der Waals surface area contributed by atoms with Crippen LogP contribution < -0.4 is 15.0 Å². The van der Waals surface area contributed by atoms with E-state index in [0.717, 1.165) is 63.3 Å². The fourth-order valence-electron chi connectivity index (χ4n) is 2.66. The Morgan fingerprint density at radius 3 is 2.23 bits per heavy atom. The van der Waals surface area contributed by atoms with Gasteiger partial charge in [0.2, 0.25) is 0 Å². The van der Waals surface area contributed by atoms with Crippen LogP contribution in [-0.2, 0) is 0 Å². The van der Waals surface area contributed by atoms with E-state index in [1.54, 1.807) is 12.0 Å². The van der Waals surface area contributed by atoms with E-state index in [1.807, 2.05) is 36.2 Å². The van der Waals surface area contributed by atoms with Gasteiger partial charge >= 0.3 is 6.03 Å². The van der Waals surface area contributed by atoms with E-state index in [-0.39, 0.29) is 6.03 Å². The average molecular weight is 305 g/mol. The molecule has 1 aliphatic heterocycles. The Morgan fingerprint density at radius 2 is 1.68 bits per heavy atom. The molecule has 1 N–H and O–H groups in total. The molecule has 1 aromatic carbocycles. The number of amides is 2. The molecule has 0 bridgehead atoms. The van der Waals surface area contributed by atoms with Crippen LogP contribution in [0.2, 0.25) is 0 Å². The van der Waals surface area contributed by atoms with Gasteiger partial charge < -0.3 is 15.0 Å². The van der Waals surface area contributed by atoms with Gasteiger partial charge in [-0.25, -0.2) is 4.79 Å². The molecule has 1 fully saturated rings. The molecule has 5 nitrogen and oxygen atoms in total. The lowest BCUT2D eigenvalue weighted by molar-refractivity contribution is 0.202. The summed E-state index contributed by atoms with van der Waals surface area (Å²) in [7, 11) is 3.48. The smallest absolute Gasteiger partial charge is 0.324 e. The van der Waals surface area contributed by atoms with E-state index in [1.165, 1.54) is 0 Å². The minimum Gasteiger partial charge on any atom is -0.497 e. The molecule has 0 aromatic heterocycles. The van der Waals surface area contributed by atoms with Crippen LogP contribution in [0.1, 0.15) is 25.7 Å². The minimum absolute atomic E-state index is 0.0821. The van der Waals surface area contributed by atoms with Crippen molar-refractivity contribution in [3.05, 3.63) is 24.3 Å². The van der Waals surface area contributed by atoms with Crippen LogP contribution in [0.3, 0.4) is 0 Å². The van der Waals surface area contributed by atoms with Crippen LogP contribution in [-0.4, -0.2) is 51.3 Å². The van der Waals surface area contributed by atoms with Crippen molar-refractivity contribution in [3.63, 3.8) is 0 Å². The fourth-order valence-corrected chi connectivity index (χ4v) is 2.66. The van der Waals surface area contributed by atoms with Crippen LogP contribution in [0.15, 0.2) is 24.3 Å². The minimum atomic E-state index is 0.0821. The van der Waals surface area contributed by atoms with Gasteiger partial charge in [0.15, 0.2) is 0 Å². The molecule has 1 aliphatic rings. The number of methoxy groups -OCH3 is 1. The van der Waals surface area contributed by atoms with Crippen LogP contribution >= 0.6 is 0 Å². The van der Waals surface area contributed by atoms with Crippen molar-refractivity contribution in [2.24, 2.45) is 0 Å². The van der Waals surface area contributed by atoms with Crippen molar-refractivity contribution >= 4 is 11.7 Å². The van der Waals surface area contributed by atoms with Gasteiger partial charge in [-0.1, -0.05) is 0 Å². The first-order valence-corrected chi connectivity index (χ1v) is 8.10. The molecule has 0 radical (unpaired) electrons. The zero-order chi connectivity index (χ0) is 15.8. The number of anilines is 1. The Kier molecular flexibility index (Phi) is 6.52. The maximum atomic E-state index is 12.7. The third-order valence-electron chi connectivity index (χ3n) is 4.08. The van der Waals surface area contributed by atoms with Gasteiger partial charge in [-0.2, -0.15) is 0 Å². The molecule has 5 heteroatoms. The van der Waals surface area contributed by atoms with Gasteiger partial charge in [-0.3, -0.25) is 4.90 Å². The van der Waals surface area contributed by atoms with E-state index in [9.17, 15) is 4.79 Å². The summed E-state index contributed by atoms with van der Waals surface area (Å²) in [5, 5.41) is 3.43. The molecule has 22 heavy (non-hydrogen) atoms. The van der Waals surface area contributed by atoms with Gasteiger partial charge in [0, 0.05) is 25.8 Å². The maximum absolute atomic E-state index is 12.7. The first-order valence-electron chi connectivity index (χ1n) is 8.10. The first-order chi connectivity index (χ1) is 10.7. The van der Waals surface area contributed by atoms with Gasteiger partial charge in [0.05, 0.1) is 7.11 Å². The lowest BCUT2D eigenvalue weighted by Gasteiger charge is -2.29. The molecule has 2 rings (SSSR count). The van der Waals surface area contributed by atoms with Gasteiger partial charge in [0.25, 0.3) is 0 Å². The predicted molar refractivity (Wildman–Crippen MR) is 89.7 cm³/mol. The van der Waals surface area contributed by atoms with E-state index in [2.05, 4.69) is 5.32 Å². The van der Waals surface area contributed by atoms with Crippen molar-refractivity contribution in [2.75, 3.05) is 45.2 Å². The van der Waals surface area contributed by atoms with Crippen molar-refractivity contribution in [2.45, 2.75) is 25.7 Å². The number of ether oxygens (including phenoxy) is 1. The largest absolute Gasteiger partial charge is 0.497 e. The normalized spacial score (nSPS) is 16.9. The van der Waals surface area contributed by atoms with E-state index < -0.39 is 0 Å². The molecule has 0 aliphatic carbocycles. The second kappa shape index (κ2) is 8.63. The summed E-state index contributed by atoms with van der Waals surface area (Å²) in [6, 6.07) is 7.68. The summed E-state index contributed by atoms with van der Waals surface area (Å²) >= 11 is 0.